The minimum atomic E-state index is -1.16. The maximum Gasteiger partial charge on any atom is 0.323 e. The summed E-state index contributed by atoms with van der Waals surface area (Å²) in [7, 11) is 0. The molecular formula is C13H14FNO4. The number of benzene rings is 1. The van der Waals surface area contributed by atoms with Gasteiger partial charge in [0.1, 0.15) is 18.1 Å². The first-order chi connectivity index (χ1) is 8.90. The van der Waals surface area contributed by atoms with Gasteiger partial charge in [0, 0.05) is 6.07 Å². The van der Waals surface area contributed by atoms with Crippen molar-refractivity contribution >= 4 is 17.6 Å². The van der Waals surface area contributed by atoms with Gasteiger partial charge in [-0.2, -0.15) is 0 Å². The summed E-state index contributed by atoms with van der Waals surface area (Å²) >= 11 is 0. The van der Waals surface area contributed by atoms with Crippen molar-refractivity contribution in [3.63, 3.8) is 0 Å². The Morgan fingerprint density at radius 1 is 1.53 bits per heavy atom. The molecule has 1 amide bonds. The van der Waals surface area contributed by atoms with Crippen molar-refractivity contribution in [3.8, 4) is 5.75 Å². The summed E-state index contributed by atoms with van der Waals surface area (Å²) in [6.45, 7) is 3.09. The zero-order valence-corrected chi connectivity index (χ0v) is 10.6. The molecule has 19 heavy (non-hydrogen) atoms. The average Bonchev–Trinajstić information content (AvgIpc) is 2.32. The molecule has 6 heteroatoms. The Bertz CT molecular complexity index is 529. The van der Waals surface area contributed by atoms with Crippen LogP contribution in [0.2, 0.25) is 0 Å². The third-order valence-corrected chi connectivity index (χ3v) is 2.87. The standard InChI is InChI=1S/C13H14FNO4/c1-7(2)12-13(18)15(6-11(16)17)9-5-8(14)3-4-10(9)19-12/h3-5,7,12H,6H2,1-2H3,(H,16,17). The number of carbonyl (C=O) groups excluding carboxylic acids is 1. The first-order valence-electron chi connectivity index (χ1n) is 5.89. The molecule has 1 aromatic rings. The lowest BCUT2D eigenvalue weighted by Gasteiger charge is -2.35. The molecule has 0 bridgehead atoms. The van der Waals surface area contributed by atoms with E-state index in [0.29, 0.717) is 5.75 Å². The van der Waals surface area contributed by atoms with Crippen LogP contribution in [-0.2, 0) is 9.59 Å². The van der Waals surface area contributed by atoms with Crippen molar-refractivity contribution in [3.05, 3.63) is 24.0 Å². The highest BCUT2D eigenvalue weighted by Gasteiger charge is 2.37. The zero-order valence-electron chi connectivity index (χ0n) is 10.6. The number of hydrogen-bond donors (Lipinski definition) is 1. The van der Waals surface area contributed by atoms with Crippen molar-refractivity contribution in [2.24, 2.45) is 5.92 Å². The zero-order chi connectivity index (χ0) is 14.2. The fourth-order valence-corrected chi connectivity index (χ4v) is 1.98. The molecule has 5 nitrogen and oxygen atoms in total. The third-order valence-electron chi connectivity index (χ3n) is 2.87. The van der Waals surface area contributed by atoms with Crippen LogP contribution in [-0.4, -0.2) is 29.6 Å². The maximum atomic E-state index is 13.2. The summed E-state index contributed by atoms with van der Waals surface area (Å²) in [5.74, 6) is -1.96. The molecule has 0 saturated carbocycles. The molecule has 1 atom stereocenters. The van der Waals surface area contributed by atoms with Crippen LogP contribution in [0, 0.1) is 11.7 Å². The number of rotatable bonds is 3. The van der Waals surface area contributed by atoms with Gasteiger partial charge in [0.25, 0.3) is 5.91 Å². The van der Waals surface area contributed by atoms with Crippen LogP contribution >= 0.6 is 0 Å². The molecule has 1 aromatic carbocycles. The Balaban J connectivity index is 2.47. The minimum Gasteiger partial charge on any atom is -0.480 e. The fourth-order valence-electron chi connectivity index (χ4n) is 1.98. The lowest BCUT2D eigenvalue weighted by molar-refractivity contribution is -0.138. The van der Waals surface area contributed by atoms with Crippen molar-refractivity contribution in [2.45, 2.75) is 20.0 Å². The van der Waals surface area contributed by atoms with E-state index in [9.17, 15) is 14.0 Å². The van der Waals surface area contributed by atoms with E-state index in [1.54, 1.807) is 13.8 Å². The maximum absolute atomic E-state index is 13.2. The quantitative estimate of drug-likeness (QED) is 0.904. The van der Waals surface area contributed by atoms with Gasteiger partial charge in [-0.15, -0.1) is 0 Å². The predicted molar refractivity (Wildman–Crippen MR) is 65.6 cm³/mol. The van der Waals surface area contributed by atoms with E-state index in [4.69, 9.17) is 9.84 Å². The highest BCUT2D eigenvalue weighted by Crippen LogP contribution is 2.36. The van der Waals surface area contributed by atoms with Gasteiger partial charge in [0.05, 0.1) is 5.69 Å². The molecule has 0 aromatic heterocycles. The summed E-state index contributed by atoms with van der Waals surface area (Å²) in [6.07, 6.45) is -0.752. The fraction of sp³-hybridized carbons (Fsp3) is 0.385. The molecule has 0 aliphatic carbocycles. The van der Waals surface area contributed by atoms with Crippen molar-refractivity contribution in [2.75, 3.05) is 11.4 Å². The van der Waals surface area contributed by atoms with Crippen molar-refractivity contribution in [1.82, 2.24) is 0 Å². The highest BCUT2D eigenvalue weighted by atomic mass is 19.1. The second-order valence-corrected chi connectivity index (χ2v) is 4.71. The number of nitrogens with zero attached hydrogens (tertiary/aromatic N) is 1. The molecule has 0 fully saturated rings. The monoisotopic (exact) mass is 267 g/mol. The van der Waals surface area contributed by atoms with Gasteiger partial charge in [0.15, 0.2) is 6.10 Å². The van der Waals surface area contributed by atoms with Gasteiger partial charge in [-0.3, -0.25) is 14.5 Å². The average molecular weight is 267 g/mol. The van der Waals surface area contributed by atoms with E-state index < -0.39 is 30.3 Å². The van der Waals surface area contributed by atoms with Crippen LogP contribution < -0.4 is 9.64 Å². The smallest absolute Gasteiger partial charge is 0.323 e. The summed E-state index contributed by atoms with van der Waals surface area (Å²) < 4.78 is 18.8. The SMILES string of the molecule is CC(C)C1Oc2ccc(F)cc2N(CC(=O)O)C1=O. The Labute approximate surface area is 109 Å². The largest absolute Gasteiger partial charge is 0.480 e. The van der Waals surface area contributed by atoms with Crippen LogP contribution in [0.3, 0.4) is 0 Å². The molecule has 102 valence electrons. The summed E-state index contributed by atoms with van der Waals surface area (Å²) in [6, 6.07) is 3.72. The van der Waals surface area contributed by atoms with E-state index in [2.05, 4.69) is 0 Å². The van der Waals surface area contributed by atoms with E-state index >= 15 is 0 Å². The van der Waals surface area contributed by atoms with Gasteiger partial charge < -0.3 is 9.84 Å². The number of carboxylic acid groups (broad SMARTS) is 1. The lowest BCUT2D eigenvalue weighted by atomic mass is 10.0. The number of amides is 1. The van der Waals surface area contributed by atoms with Crippen LogP contribution in [0.4, 0.5) is 10.1 Å². The minimum absolute atomic E-state index is 0.109. The normalized spacial score (nSPS) is 18.2. The third kappa shape index (κ3) is 2.52. The van der Waals surface area contributed by atoms with E-state index in [0.717, 1.165) is 11.0 Å². The number of ether oxygens (including phenoxy) is 1. The number of fused-ring (bicyclic) bond motifs is 1. The highest BCUT2D eigenvalue weighted by molar-refractivity contribution is 6.03. The summed E-state index contributed by atoms with van der Waals surface area (Å²) in [5.41, 5.74) is 0.157. The van der Waals surface area contributed by atoms with E-state index in [1.165, 1.54) is 12.1 Å². The summed E-state index contributed by atoms with van der Waals surface area (Å²) in [5, 5.41) is 8.87. The van der Waals surface area contributed by atoms with E-state index in [1.807, 2.05) is 0 Å². The number of halogens is 1. The molecule has 0 saturated heterocycles. The number of hydrogen-bond acceptors (Lipinski definition) is 3. The Kier molecular flexibility index (Phi) is 3.42. The first-order valence-corrected chi connectivity index (χ1v) is 5.89. The molecular weight excluding hydrogens is 253 g/mol. The number of aliphatic carboxylic acids is 1. The van der Waals surface area contributed by atoms with Gasteiger partial charge in [-0.1, -0.05) is 13.8 Å². The number of carboxylic acids is 1. The Hall–Kier alpha value is -2.11. The molecule has 0 radical (unpaired) electrons. The number of carbonyl (C=O) groups is 2. The Morgan fingerprint density at radius 2 is 2.21 bits per heavy atom. The Morgan fingerprint density at radius 3 is 2.79 bits per heavy atom. The summed E-state index contributed by atoms with van der Waals surface area (Å²) in [4.78, 5) is 24.1. The van der Waals surface area contributed by atoms with Gasteiger partial charge in [-0.25, -0.2) is 4.39 Å². The van der Waals surface area contributed by atoms with Crippen molar-refractivity contribution < 1.29 is 23.8 Å². The predicted octanol–water partition coefficient (Wildman–Crippen LogP) is 1.66. The van der Waals surface area contributed by atoms with Crippen LogP contribution in [0.1, 0.15) is 13.8 Å². The van der Waals surface area contributed by atoms with Crippen LogP contribution in [0.15, 0.2) is 18.2 Å². The molecule has 2 rings (SSSR count). The molecule has 1 aliphatic rings. The molecule has 1 unspecified atom stereocenters. The lowest BCUT2D eigenvalue weighted by Crippen LogP contribution is -2.50. The second-order valence-electron chi connectivity index (χ2n) is 4.71. The van der Waals surface area contributed by atoms with Crippen LogP contribution in [0.5, 0.6) is 5.75 Å². The van der Waals surface area contributed by atoms with Gasteiger partial charge in [-0.05, 0) is 18.1 Å². The van der Waals surface area contributed by atoms with Crippen LogP contribution in [0.25, 0.3) is 0 Å². The first kappa shape index (κ1) is 13.3. The van der Waals surface area contributed by atoms with Crippen molar-refractivity contribution in [1.29, 1.82) is 0 Å². The molecule has 1 aliphatic heterocycles. The molecule has 1 N–H and O–H groups in total. The van der Waals surface area contributed by atoms with Gasteiger partial charge in [0.2, 0.25) is 0 Å². The molecule has 0 spiro atoms. The number of anilines is 1. The molecule has 1 heterocycles. The van der Waals surface area contributed by atoms with E-state index in [-0.39, 0.29) is 11.6 Å². The van der Waals surface area contributed by atoms with Gasteiger partial charge >= 0.3 is 5.97 Å². The topological polar surface area (TPSA) is 66.8 Å². The second kappa shape index (κ2) is 4.87.